The molecular formula is C19H29ClIN5O. The van der Waals surface area contributed by atoms with E-state index in [4.69, 9.17) is 17.3 Å². The number of rotatable bonds is 3. The second-order valence-electron chi connectivity index (χ2n) is 6.92. The zero-order chi connectivity index (χ0) is 18.4. The minimum absolute atomic E-state index is 0. The lowest BCUT2D eigenvalue weighted by atomic mass is 10.2. The molecule has 2 aliphatic rings. The summed E-state index contributed by atoms with van der Waals surface area (Å²) < 4.78 is 0. The minimum Gasteiger partial charge on any atom is -0.370 e. The van der Waals surface area contributed by atoms with Crippen LogP contribution in [0.15, 0.2) is 29.3 Å². The Labute approximate surface area is 183 Å². The van der Waals surface area contributed by atoms with Gasteiger partial charge >= 0.3 is 0 Å². The first-order valence-corrected chi connectivity index (χ1v) is 9.84. The molecule has 2 aliphatic heterocycles. The van der Waals surface area contributed by atoms with Crippen LogP contribution >= 0.6 is 35.6 Å². The number of anilines is 1. The van der Waals surface area contributed by atoms with Crippen LogP contribution in [0.3, 0.4) is 0 Å². The average molecular weight is 506 g/mol. The summed E-state index contributed by atoms with van der Waals surface area (Å²) in [6.07, 6.45) is 4.80. The molecular weight excluding hydrogens is 477 g/mol. The Balaban J connectivity index is 0.00000261. The third-order valence-electron chi connectivity index (χ3n) is 5.13. The van der Waals surface area contributed by atoms with Gasteiger partial charge in [0.2, 0.25) is 5.91 Å². The van der Waals surface area contributed by atoms with Crippen LogP contribution in [0, 0.1) is 0 Å². The number of guanidine groups is 1. The third kappa shape index (κ3) is 6.41. The molecule has 1 aromatic rings. The van der Waals surface area contributed by atoms with Crippen LogP contribution in [-0.2, 0) is 4.79 Å². The normalized spacial score (nSPS) is 18.7. The van der Waals surface area contributed by atoms with E-state index in [-0.39, 0.29) is 36.4 Å². The van der Waals surface area contributed by atoms with E-state index < -0.39 is 0 Å². The van der Waals surface area contributed by atoms with Crippen LogP contribution in [0.5, 0.6) is 0 Å². The van der Waals surface area contributed by atoms with Crippen molar-refractivity contribution in [3.8, 4) is 0 Å². The first-order valence-electron chi connectivity index (χ1n) is 9.46. The summed E-state index contributed by atoms with van der Waals surface area (Å²) in [6, 6.07) is 7.83. The van der Waals surface area contributed by atoms with E-state index in [9.17, 15) is 4.79 Å². The quantitative estimate of drug-likeness (QED) is 0.390. The SMILES string of the molecule is I.NC(=NCC(=O)N1CCN(c2ccc(Cl)cc2)CC1)N1CCCCCC1. The Morgan fingerprint density at radius 2 is 1.52 bits per heavy atom. The maximum Gasteiger partial charge on any atom is 0.244 e. The molecule has 0 aliphatic carbocycles. The second-order valence-corrected chi connectivity index (χ2v) is 7.36. The topological polar surface area (TPSA) is 65.2 Å². The van der Waals surface area contributed by atoms with Crippen molar-refractivity contribution in [2.45, 2.75) is 25.7 Å². The van der Waals surface area contributed by atoms with E-state index in [0.29, 0.717) is 19.0 Å². The van der Waals surface area contributed by atoms with Crippen molar-refractivity contribution in [1.29, 1.82) is 0 Å². The predicted octanol–water partition coefficient (Wildman–Crippen LogP) is 2.80. The number of piperazine rings is 1. The molecule has 0 atom stereocenters. The van der Waals surface area contributed by atoms with Gasteiger partial charge in [-0.15, -0.1) is 24.0 Å². The number of hydrogen-bond donors (Lipinski definition) is 1. The fraction of sp³-hybridized carbons (Fsp3) is 0.579. The van der Waals surface area contributed by atoms with Gasteiger partial charge in [0.1, 0.15) is 6.54 Å². The number of amides is 1. The van der Waals surface area contributed by atoms with Gasteiger partial charge in [0.15, 0.2) is 5.96 Å². The molecule has 2 saturated heterocycles. The second kappa shape index (κ2) is 10.9. The van der Waals surface area contributed by atoms with Crippen LogP contribution in [0.4, 0.5) is 5.69 Å². The number of aliphatic imine (C=N–C) groups is 1. The Hall–Kier alpha value is -1.22. The fourth-order valence-corrected chi connectivity index (χ4v) is 3.64. The first kappa shape index (κ1) is 22.1. The highest BCUT2D eigenvalue weighted by Gasteiger charge is 2.21. The molecule has 0 aromatic heterocycles. The van der Waals surface area contributed by atoms with Crippen LogP contribution < -0.4 is 10.6 Å². The van der Waals surface area contributed by atoms with Crippen molar-refractivity contribution in [2.24, 2.45) is 10.7 Å². The van der Waals surface area contributed by atoms with Crippen molar-refractivity contribution in [1.82, 2.24) is 9.80 Å². The molecule has 2 N–H and O–H groups in total. The number of likely N-dealkylation sites (tertiary alicyclic amines) is 1. The van der Waals surface area contributed by atoms with Crippen molar-refractivity contribution >= 4 is 53.1 Å². The van der Waals surface area contributed by atoms with Gasteiger partial charge in [0.05, 0.1) is 0 Å². The summed E-state index contributed by atoms with van der Waals surface area (Å²) in [5.74, 6) is 0.568. The summed E-state index contributed by atoms with van der Waals surface area (Å²) in [4.78, 5) is 23.1. The largest absolute Gasteiger partial charge is 0.370 e. The molecule has 0 saturated carbocycles. The molecule has 0 bridgehead atoms. The number of carbonyl (C=O) groups is 1. The highest BCUT2D eigenvalue weighted by Crippen LogP contribution is 2.19. The zero-order valence-electron chi connectivity index (χ0n) is 15.6. The number of carbonyl (C=O) groups excluding carboxylic acids is 1. The van der Waals surface area contributed by atoms with Gasteiger partial charge in [-0.2, -0.15) is 0 Å². The molecule has 0 radical (unpaired) electrons. The fourth-order valence-electron chi connectivity index (χ4n) is 3.51. The Morgan fingerprint density at radius 1 is 0.926 bits per heavy atom. The first-order chi connectivity index (χ1) is 12.6. The Morgan fingerprint density at radius 3 is 2.11 bits per heavy atom. The predicted molar refractivity (Wildman–Crippen MR) is 122 cm³/mol. The molecule has 1 amide bonds. The van der Waals surface area contributed by atoms with Gasteiger partial charge in [-0.1, -0.05) is 24.4 Å². The summed E-state index contributed by atoms with van der Waals surface area (Å²) in [5.41, 5.74) is 7.24. The van der Waals surface area contributed by atoms with Gasteiger partial charge < -0.3 is 20.4 Å². The van der Waals surface area contributed by atoms with Gasteiger partial charge in [-0.3, -0.25) is 4.79 Å². The van der Waals surface area contributed by atoms with E-state index in [1.807, 2.05) is 29.2 Å². The van der Waals surface area contributed by atoms with Crippen molar-refractivity contribution in [3.05, 3.63) is 29.3 Å². The zero-order valence-corrected chi connectivity index (χ0v) is 18.7. The molecule has 3 rings (SSSR count). The lowest BCUT2D eigenvalue weighted by Crippen LogP contribution is -2.49. The smallest absolute Gasteiger partial charge is 0.244 e. The standard InChI is InChI=1S/C19H28ClN5O.HI/c20-16-5-7-17(8-6-16)23-11-13-24(14-12-23)18(26)15-22-19(21)25-9-3-1-2-4-10-25;/h5-8H,1-4,9-15H2,(H2,21,22);1H. The van der Waals surface area contributed by atoms with Crippen molar-refractivity contribution in [3.63, 3.8) is 0 Å². The number of benzene rings is 1. The average Bonchev–Trinajstić information content (AvgIpc) is 2.96. The summed E-state index contributed by atoms with van der Waals surface area (Å²) >= 11 is 5.94. The lowest BCUT2D eigenvalue weighted by molar-refractivity contribution is -0.129. The molecule has 27 heavy (non-hydrogen) atoms. The van der Waals surface area contributed by atoms with Crippen molar-refractivity contribution < 1.29 is 4.79 Å². The molecule has 6 nitrogen and oxygen atoms in total. The number of hydrogen-bond acceptors (Lipinski definition) is 3. The van der Waals surface area contributed by atoms with Crippen LogP contribution in [-0.4, -0.2) is 67.5 Å². The maximum atomic E-state index is 12.4. The van der Waals surface area contributed by atoms with E-state index >= 15 is 0 Å². The molecule has 2 fully saturated rings. The molecule has 0 spiro atoms. The number of halogens is 2. The monoisotopic (exact) mass is 505 g/mol. The maximum absolute atomic E-state index is 12.4. The number of nitrogens with zero attached hydrogens (tertiary/aromatic N) is 4. The number of nitrogens with two attached hydrogens (primary N) is 1. The summed E-state index contributed by atoms with van der Waals surface area (Å²) in [5, 5.41) is 0.738. The van der Waals surface area contributed by atoms with Crippen LogP contribution in [0.2, 0.25) is 5.02 Å². The van der Waals surface area contributed by atoms with Crippen LogP contribution in [0.25, 0.3) is 0 Å². The molecule has 8 heteroatoms. The summed E-state index contributed by atoms with van der Waals surface area (Å²) in [6.45, 7) is 5.09. The molecule has 150 valence electrons. The Kier molecular flexibility index (Phi) is 8.95. The molecule has 2 heterocycles. The van der Waals surface area contributed by atoms with Gasteiger partial charge in [0.25, 0.3) is 0 Å². The highest BCUT2D eigenvalue weighted by molar-refractivity contribution is 14.0. The van der Waals surface area contributed by atoms with E-state index in [2.05, 4.69) is 14.8 Å². The van der Waals surface area contributed by atoms with Gasteiger partial charge in [-0.05, 0) is 37.1 Å². The molecule has 1 aromatic carbocycles. The van der Waals surface area contributed by atoms with E-state index in [1.54, 1.807) is 0 Å². The highest BCUT2D eigenvalue weighted by atomic mass is 127. The van der Waals surface area contributed by atoms with Crippen LogP contribution in [0.1, 0.15) is 25.7 Å². The van der Waals surface area contributed by atoms with E-state index in [0.717, 1.165) is 49.7 Å². The minimum atomic E-state index is 0. The molecule has 0 unspecified atom stereocenters. The third-order valence-corrected chi connectivity index (χ3v) is 5.38. The van der Waals surface area contributed by atoms with Crippen molar-refractivity contribution in [2.75, 3.05) is 50.7 Å². The van der Waals surface area contributed by atoms with Gasteiger partial charge in [0, 0.05) is 50.0 Å². The van der Waals surface area contributed by atoms with Gasteiger partial charge in [-0.25, -0.2) is 4.99 Å². The van der Waals surface area contributed by atoms with E-state index in [1.165, 1.54) is 12.8 Å². The lowest BCUT2D eigenvalue weighted by Gasteiger charge is -2.36. The summed E-state index contributed by atoms with van der Waals surface area (Å²) in [7, 11) is 0. The Bertz CT molecular complexity index is 623.